The van der Waals surface area contributed by atoms with Crippen LogP contribution in [0.2, 0.25) is 0 Å². The molecular formula is C7H9NO5. The smallest absolute Gasteiger partial charge is 0.326 e. The number of carbonyl (C=O) groups is 3. The van der Waals surface area contributed by atoms with Gasteiger partial charge >= 0.3 is 11.9 Å². The van der Waals surface area contributed by atoms with Crippen LogP contribution in [0.3, 0.4) is 0 Å². The predicted octanol–water partition coefficient (Wildman–Crippen LogP) is -0.950. The molecule has 6 heteroatoms. The standard InChI is InChI=1S/C7H9NO5/c9-5(10)2-3-1-4(7(12)13)8-6(3)11/h3-4H,1-2H2,(H,8,11)(H,9,10)(H,12,13). The zero-order chi connectivity index (χ0) is 10.0. The maximum Gasteiger partial charge on any atom is 0.326 e. The molecule has 2 unspecified atom stereocenters. The lowest BCUT2D eigenvalue weighted by Gasteiger charge is -2.01. The van der Waals surface area contributed by atoms with Crippen LogP contribution < -0.4 is 5.32 Å². The molecule has 13 heavy (non-hydrogen) atoms. The molecule has 1 fully saturated rings. The second-order valence-electron chi connectivity index (χ2n) is 2.93. The Kier molecular flexibility index (Phi) is 2.50. The second-order valence-corrected chi connectivity index (χ2v) is 2.93. The number of carboxylic acids is 2. The molecule has 0 aromatic rings. The summed E-state index contributed by atoms with van der Waals surface area (Å²) >= 11 is 0. The third-order valence-electron chi connectivity index (χ3n) is 1.93. The first kappa shape index (κ1) is 9.50. The van der Waals surface area contributed by atoms with Gasteiger partial charge < -0.3 is 15.5 Å². The molecule has 1 amide bonds. The first-order chi connectivity index (χ1) is 6.00. The molecule has 0 aromatic heterocycles. The minimum atomic E-state index is -1.12. The topological polar surface area (TPSA) is 104 Å². The Morgan fingerprint density at radius 2 is 2.08 bits per heavy atom. The van der Waals surface area contributed by atoms with Gasteiger partial charge in [-0.2, -0.15) is 0 Å². The van der Waals surface area contributed by atoms with Crippen molar-refractivity contribution >= 4 is 17.8 Å². The summed E-state index contributed by atoms with van der Waals surface area (Å²) in [6.07, 6.45) is -0.254. The van der Waals surface area contributed by atoms with Crippen LogP contribution >= 0.6 is 0 Å². The molecule has 0 radical (unpaired) electrons. The number of carboxylic acid groups (broad SMARTS) is 2. The van der Waals surface area contributed by atoms with Gasteiger partial charge in [-0.25, -0.2) is 4.79 Å². The van der Waals surface area contributed by atoms with E-state index in [0.29, 0.717) is 0 Å². The van der Waals surface area contributed by atoms with Crippen molar-refractivity contribution in [2.75, 3.05) is 0 Å². The minimum Gasteiger partial charge on any atom is -0.481 e. The van der Waals surface area contributed by atoms with Crippen LogP contribution in [0, 0.1) is 5.92 Å². The maximum atomic E-state index is 11.0. The lowest BCUT2D eigenvalue weighted by molar-refractivity contribution is -0.140. The number of carbonyl (C=O) groups excluding carboxylic acids is 1. The summed E-state index contributed by atoms with van der Waals surface area (Å²) in [4.78, 5) is 31.7. The van der Waals surface area contributed by atoms with Gasteiger partial charge in [-0.3, -0.25) is 9.59 Å². The normalized spacial score (nSPS) is 26.9. The molecule has 1 saturated heterocycles. The van der Waals surface area contributed by atoms with Crippen molar-refractivity contribution in [1.82, 2.24) is 5.32 Å². The Balaban J connectivity index is 2.56. The van der Waals surface area contributed by atoms with E-state index < -0.39 is 29.8 Å². The van der Waals surface area contributed by atoms with Gasteiger partial charge in [-0.15, -0.1) is 0 Å². The molecule has 1 aliphatic rings. The maximum absolute atomic E-state index is 11.0. The zero-order valence-corrected chi connectivity index (χ0v) is 6.69. The number of rotatable bonds is 3. The van der Waals surface area contributed by atoms with Crippen LogP contribution in [0.4, 0.5) is 0 Å². The van der Waals surface area contributed by atoms with Crippen molar-refractivity contribution in [3.05, 3.63) is 0 Å². The van der Waals surface area contributed by atoms with Crippen molar-refractivity contribution in [2.45, 2.75) is 18.9 Å². The highest BCUT2D eigenvalue weighted by atomic mass is 16.4. The molecule has 0 bridgehead atoms. The molecule has 0 saturated carbocycles. The molecule has 1 heterocycles. The van der Waals surface area contributed by atoms with Gasteiger partial charge in [0, 0.05) is 0 Å². The average Bonchev–Trinajstić information content (AvgIpc) is 2.31. The van der Waals surface area contributed by atoms with Gasteiger partial charge in [0.25, 0.3) is 0 Å². The third kappa shape index (κ3) is 2.17. The number of aliphatic carboxylic acids is 2. The first-order valence-electron chi connectivity index (χ1n) is 3.75. The molecule has 6 nitrogen and oxygen atoms in total. The fraction of sp³-hybridized carbons (Fsp3) is 0.571. The molecule has 72 valence electrons. The third-order valence-corrected chi connectivity index (χ3v) is 1.93. The SMILES string of the molecule is O=C(O)CC1CC(C(=O)O)NC1=O. The van der Waals surface area contributed by atoms with E-state index in [0.717, 1.165) is 0 Å². The second kappa shape index (κ2) is 3.42. The van der Waals surface area contributed by atoms with Gasteiger partial charge in [0.05, 0.1) is 12.3 Å². The quantitative estimate of drug-likeness (QED) is 0.528. The van der Waals surface area contributed by atoms with Crippen molar-refractivity contribution in [1.29, 1.82) is 0 Å². The van der Waals surface area contributed by atoms with Crippen molar-refractivity contribution in [3.63, 3.8) is 0 Å². The summed E-state index contributed by atoms with van der Waals surface area (Å²) in [5, 5.41) is 19.1. The van der Waals surface area contributed by atoms with Crippen LogP contribution in [0.1, 0.15) is 12.8 Å². The molecule has 2 atom stereocenters. The van der Waals surface area contributed by atoms with Crippen LogP contribution in [0.5, 0.6) is 0 Å². The van der Waals surface area contributed by atoms with E-state index in [2.05, 4.69) is 5.32 Å². The number of nitrogens with one attached hydrogen (secondary N) is 1. The van der Waals surface area contributed by atoms with E-state index in [4.69, 9.17) is 10.2 Å². The van der Waals surface area contributed by atoms with Gasteiger partial charge in [-0.1, -0.05) is 0 Å². The summed E-state index contributed by atoms with van der Waals surface area (Å²) in [7, 11) is 0. The number of hydrogen-bond donors (Lipinski definition) is 3. The highest BCUT2D eigenvalue weighted by molar-refractivity contribution is 5.90. The lowest BCUT2D eigenvalue weighted by atomic mass is 10.0. The summed E-state index contributed by atoms with van der Waals surface area (Å²) < 4.78 is 0. The van der Waals surface area contributed by atoms with E-state index in [9.17, 15) is 14.4 Å². The fourth-order valence-corrected chi connectivity index (χ4v) is 1.29. The van der Waals surface area contributed by atoms with Gasteiger partial charge in [0.1, 0.15) is 6.04 Å². The summed E-state index contributed by atoms with van der Waals surface area (Å²) in [6, 6.07) is -0.933. The average molecular weight is 187 g/mol. The van der Waals surface area contributed by atoms with E-state index >= 15 is 0 Å². The molecular weight excluding hydrogens is 178 g/mol. The van der Waals surface area contributed by atoms with Crippen molar-refractivity contribution in [2.24, 2.45) is 5.92 Å². The minimum absolute atomic E-state index is 0.0560. The molecule has 0 aromatic carbocycles. The first-order valence-corrected chi connectivity index (χ1v) is 3.75. The van der Waals surface area contributed by atoms with Crippen LogP contribution in [0.25, 0.3) is 0 Å². The molecule has 1 rings (SSSR count). The molecule has 0 aliphatic carbocycles. The van der Waals surface area contributed by atoms with Crippen LogP contribution in [-0.4, -0.2) is 34.1 Å². The fourth-order valence-electron chi connectivity index (χ4n) is 1.29. The summed E-state index contributed by atoms with van der Waals surface area (Å²) in [5.74, 6) is -3.42. The predicted molar refractivity (Wildman–Crippen MR) is 39.9 cm³/mol. The highest BCUT2D eigenvalue weighted by Gasteiger charge is 2.36. The van der Waals surface area contributed by atoms with E-state index in [1.807, 2.05) is 0 Å². The van der Waals surface area contributed by atoms with Crippen molar-refractivity contribution < 1.29 is 24.6 Å². The highest BCUT2D eigenvalue weighted by Crippen LogP contribution is 2.18. The Hall–Kier alpha value is -1.59. The number of amides is 1. The summed E-state index contributed by atoms with van der Waals surface area (Å²) in [5.41, 5.74) is 0. The Morgan fingerprint density at radius 1 is 1.46 bits per heavy atom. The number of hydrogen-bond acceptors (Lipinski definition) is 3. The van der Waals surface area contributed by atoms with Gasteiger partial charge in [-0.05, 0) is 6.42 Å². The van der Waals surface area contributed by atoms with Crippen molar-refractivity contribution in [3.8, 4) is 0 Å². The largest absolute Gasteiger partial charge is 0.481 e. The van der Waals surface area contributed by atoms with E-state index in [-0.39, 0.29) is 12.8 Å². The van der Waals surface area contributed by atoms with E-state index in [1.165, 1.54) is 0 Å². The molecule has 1 aliphatic heterocycles. The monoisotopic (exact) mass is 187 g/mol. The lowest BCUT2D eigenvalue weighted by Crippen LogP contribution is -2.33. The molecule has 0 spiro atoms. The molecule has 3 N–H and O–H groups in total. The zero-order valence-electron chi connectivity index (χ0n) is 6.69. The van der Waals surface area contributed by atoms with E-state index in [1.54, 1.807) is 0 Å². The van der Waals surface area contributed by atoms with Crippen LogP contribution in [-0.2, 0) is 14.4 Å². The Morgan fingerprint density at radius 3 is 2.46 bits per heavy atom. The van der Waals surface area contributed by atoms with Crippen LogP contribution in [0.15, 0.2) is 0 Å². The van der Waals surface area contributed by atoms with Gasteiger partial charge in [0.2, 0.25) is 5.91 Å². The Bertz CT molecular complexity index is 262. The summed E-state index contributed by atoms with van der Waals surface area (Å²) in [6.45, 7) is 0. The Labute approximate surface area is 73.5 Å². The van der Waals surface area contributed by atoms with Gasteiger partial charge in [0.15, 0.2) is 0 Å².